The molecule has 0 unspecified atom stereocenters. The summed E-state index contributed by atoms with van der Waals surface area (Å²) in [5.41, 5.74) is 5.88. The van der Waals surface area contributed by atoms with E-state index in [2.05, 4.69) is 66.0 Å². The first-order valence-electron chi connectivity index (χ1n) is 10.3. The molecule has 3 rings (SSSR count). The van der Waals surface area contributed by atoms with E-state index in [4.69, 9.17) is 23.6 Å². The van der Waals surface area contributed by atoms with Gasteiger partial charge in [-0.05, 0) is 59.6 Å². The Kier molecular flexibility index (Phi) is 8.53. The third-order valence-corrected chi connectivity index (χ3v) is 7.15. The van der Waals surface area contributed by atoms with Gasteiger partial charge in [-0.15, -0.1) is 22.0 Å². The number of halogens is 1. The number of nitrogens with zero attached hydrogens (tertiary/aromatic N) is 1. The fraction of sp³-hybridized carbons (Fsp3) is 0.565. The molecule has 0 fully saturated rings. The zero-order chi connectivity index (χ0) is 23.6. The van der Waals surface area contributed by atoms with Crippen molar-refractivity contribution in [3.8, 4) is 10.6 Å². The second-order valence-corrected chi connectivity index (χ2v) is 12.4. The summed E-state index contributed by atoms with van der Waals surface area (Å²) >= 11 is 3.73. The number of thioether (sulfide) groups is 1. The van der Waals surface area contributed by atoms with Gasteiger partial charge in [0, 0.05) is 12.0 Å². The van der Waals surface area contributed by atoms with E-state index in [1.54, 1.807) is 4.88 Å². The molecule has 0 aliphatic heterocycles. The predicted molar refractivity (Wildman–Crippen MR) is 118 cm³/mol. The van der Waals surface area contributed by atoms with Crippen LogP contribution in [0.1, 0.15) is 76.0 Å². The Morgan fingerprint density at radius 3 is 1.81 bits per heavy atom. The van der Waals surface area contributed by atoms with Crippen molar-refractivity contribution in [2.75, 3.05) is 6.26 Å². The molecule has 0 saturated carbocycles. The molecule has 1 aromatic carbocycles. The first-order chi connectivity index (χ1) is 14.1. The van der Waals surface area contributed by atoms with Crippen molar-refractivity contribution >= 4 is 23.1 Å². The lowest BCUT2D eigenvalue weighted by Crippen LogP contribution is -2.68. The van der Waals surface area contributed by atoms with E-state index >= 15 is 0 Å². The molecule has 2 aromatic rings. The van der Waals surface area contributed by atoms with Crippen molar-refractivity contribution in [2.24, 2.45) is 0 Å². The summed E-state index contributed by atoms with van der Waals surface area (Å²) in [5.74, 6) is 0. The fourth-order valence-electron chi connectivity index (χ4n) is 3.43. The molecule has 0 radical (unpaired) electrons. The Hall–Kier alpha value is -0.800. The van der Waals surface area contributed by atoms with Crippen LogP contribution in [0.15, 0.2) is 23.2 Å². The van der Waals surface area contributed by atoms with Crippen LogP contribution < -0.4 is 18.6 Å². The molecule has 0 spiro atoms. The van der Waals surface area contributed by atoms with Crippen molar-refractivity contribution in [3.05, 3.63) is 39.8 Å². The molecule has 31 heavy (non-hydrogen) atoms. The third-order valence-electron chi connectivity index (χ3n) is 5.20. The van der Waals surface area contributed by atoms with Crippen molar-refractivity contribution in [3.63, 3.8) is 0 Å². The highest BCUT2D eigenvalue weighted by molar-refractivity contribution is 7.98. The third kappa shape index (κ3) is 7.93. The lowest BCUT2D eigenvalue weighted by atomic mass is 9.79. The number of rotatable bonds is 2. The van der Waals surface area contributed by atoms with Gasteiger partial charge >= 0.3 is 5.01 Å². The van der Waals surface area contributed by atoms with Crippen molar-refractivity contribution < 1.29 is 28.9 Å². The highest BCUT2D eigenvalue weighted by Gasteiger charge is 2.29. The molecule has 1 aromatic heterocycles. The molecular formula is C23H32ClNO4S2. The number of aromatic nitrogens is 1. The zero-order valence-corrected chi connectivity index (χ0v) is 21.7. The quantitative estimate of drug-likeness (QED) is 0.478. The number of aryl methyl sites for hydroxylation is 1. The number of benzene rings is 1. The van der Waals surface area contributed by atoms with Crippen LogP contribution in [0.25, 0.3) is 10.6 Å². The van der Waals surface area contributed by atoms with Gasteiger partial charge in [-0.2, -0.15) is 4.98 Å². The molecule has 0 N–H and O–H groups in total. The maximum atomic E-state index is 8.49. The predicted octanol–water partition coefficient (Wildman–Crippen LogP) is 2.53. The SMILES string of the molecule is CSc1nc(-c2cc(C(C)(C)C)cc(C(C)(C)C)c2)[s+]c2c1CCCC2.[O-][Cl+3]([O-])([O-])[O-]. The van der Waals surface area contributed by atoms with E-state index in [-0.39, 0.29) is 10.8 Å². The smallest absolute Gasteiger partial charge is 0.222 e. The average Bonchev–Trinajstić information content (AvgIpc) is 2.64. The van der Waals surface area contributed by atoms with Crippen LogP contribution in [0.3, 0.4) is 0 Å². The van der Waals surface area contributed by atoms with Crippen LogP contribution in [0, 0.1) is 10.2 Å². The Balaban J connectivity index is 0.000000614. The zero-order valence-electron chi connectivity index (χ0n) is 19.3. The normalized spacial score (nSPS) is 14.5. The van der Waals surface area contributed by atoms with Crippen LogP contribution in [0.4, 0.5) is 0 Å². The second-order valence-electron chi connectivity index (χ2n) is 9.81. The average molecular weight is 486 g/mol. The molecule has 0 saturated heterocycles. The molecule has 1 aliphatic rings. The van der Waals surface area contributed by atoms with E-state index in [0.717, 1.165) is 0 Å². The summed E-state index contributed by atoms with van der Waals surface area (Å²) in [6.07, 6.45) is 7.20. The Bertz CT molecular complexity index is 860. The minimum Gasteiger partial charge on any atom is -0.222 e. The topological polar surface area (TPSA) is 105 Å². The summed E-state index contributed by atoms with van der Waals surface area (Å²) in [6, 6.07) is 7.13. The molecule has 0 amide bonds. The van der Waals surface area contributed by atoms with Gasteiger partial charge in [0.2, 0.25) is 16.2 Å². The Labute approximate surface area is 196 Å². The molecule has 172 valence electrons. The Morgan fingerprint density at radius 2 is 1.35 bits per heavy atom. The van der Waals surface area contributed by atoms with E-state index in [9.17, 15) is 0 Å². The largest absolute Gasteiger partial charge is 0.331 e. The van der Waals surface area contributed by atoms with Crippen LogP contribution in [0.5, 0.6) is 0 Å². The van der Waals surface area contributed by atoms with Gasteiger partial charge < -0.3 is 0 Å². The summed E-state index contributed by atoms with van der Waals surface area (Å²) < 4.78 is 34.0. The summed E-state index contributed by atoms with van der Waals surface area (Å²) in [5, 5.41) is 2.43. The monoisotopic (exact) mass is 485 g/mol. The van der Waals surface area contributed by atoms with Crippen molar-refractivity contribution in [1.82, 2.24) is 4.98 Å². The summed E-state index contributed by atoms with van der Waals surface area (Å²) in [6.45, 7) is 13.8. The minimum absolute atomic E-state index is 0.136. The van der Waals surface area contributed by atoms with Gasteiger partial charge in [-0.1, -0.05) is 47.6 Å². The van der Waals surface area contributed by atoms with Gasteiger partial charge in [0.05, 0.1) is 5.56 Å². The standard InChI is InChI=1S/C23H32NS2.ClHO4/c1-22(2,3)16-12-15(13-17(14-16)23(4,5)6)20-24-21(25-7)18-10-8-9-11-19(18)26-20;2-1(3,4)5/h12-14H,8-11H2,1-7H3;(H,2,3,4,5)/q+1;/p-1. The van der Waals surface area contributed by atoms with Crippen LogP contribution in [-0.4, -0.2) is 11.2 Å². The number of fused-ring (bicyclic) bond motifs is 1. The molecule has 0 bridgehead atoms. The molecule has 8 heteroatoms. The van der Waals surface area contributed by atoms with E-state index in [1.165, 1.54) is 58.0 Å². The van der Waals surface area contributed by atoms with Crippen LogP contribution in [0.2, 0.25) is 0 Å². The molecular weight excluding hydrogens is 454 g/mol. The maximum Gasteiger partial charge on any atom is 0.331 e. The first-order valence-corrected chi connectivity index (χ1v) is 13.5. The van der Waals surface area contributed by atoms with E-state index in [0.29, 0.717) is 0 Å². The van der Waals surface area contributed by atoms with Crippen molar-refractivity contribution in [1.29, 1.82) is 0 Å². The van der Waals surface area contributed by atoms with Crippen molar-refractivity contribution in [2.45, 2.75) is 83.1 Å². The molecule has 0 atom stereocenters. The number of hydrogen-bond acceptors (Lipinski definition) is 6. The Morgan fingerprint density at radius 1 is 0.871 bits per heavy atom. The van der Waals surface area contributed by atoms with Gasteiger partial charge in [-0.3, -0.25) is 0 Å². The fourth-order valence-corrected chi connectivity index (χ4v) is 5.38. The molecule has 1 aliphatic carbocycles. The van der Waals surface area contributed by atoms with Crippen LogP contribution in [-0.2, 0) is 23.7 Å². The first kappa shape index (κ1) is 26.5. The lowest BCUT2D eigenvalue weighted by molar-refractivity contribution is -2.00. The summed E-state index contributed by atoms with van der Waals surface area (Å²) in [4.78, 5) is 6.66. The molecule has 5 nitrogen and oxygen atoms in total. The van der Waals surface area contributed by atoms with Crippen LogP contribution >= 0.6 is 23.1 Å². The molecule has 1 heterocycles. The van der Waals surface area contributed by atoms with Gasteiger partial charge in [0.15, 0.2) is 0 Å². The summed E-state index contributed by atoms with van der Waals surface area (Å²) in [7, 11) is -4.94. The highest BCUT2D eigenvalue weighted by atomic mass is 35.7. The van der Waals surface area contributed by atoms with Gasteiger partial charge in [0.1, 0.15) is 5.03 Å². The highest BCUT2D eigenvalue weighted by Crippen LogP contribution is 2.39. The van der Waals surface area contributed by atoms with Gasteiger partial charge in [0.25, 0.3) is 0 Å². The maximum absolute atomic E-state index is 8.49. The lowest BCUT2D eigenvalue weighted by Gasteiger charge is -2.25. The minimum atomic E-state index is -4.94. The van der Waals surface area contributed by atoms with E-state index in [1.807, 2.05) is 23.1 Å². The second kappa shape index (κ2) is 10.00. The number of hydrogen-bond donors (Lipinski definition) is 0. The van der Waals surface area contributed by atoms with Gasteiger partial charge in [-0.25, -0.2) is 18.6 Å². The van der Waals surface area contributed by atoms with E-state index < -0.39 is 10.2 Å².